The lowest BCUT2D eigenvalue weighted by molar-refractivity contribution is -0.144. The maximum Gasteiger partial charge on any atom is 0.242 e. The van der Waals surface area contributed by atoms with Crippen LogP contribution in [-0.4, -0.2) is 52.6 Å². The average molecular weight is 468 g/mol. The molecule has 0 saturated carbocycles. The van der Waals surface area contributed by atoms with E-state index in [1.807, 2.05) is 50.3 Å². The Hall–Kier alpha value is -2.96. The molecule has 1 fully saturated rings. The lowest BCUT2D eigenvalue weighted by Crippen LogP contribution is -2.50. The maximum absolute atomic E-state index is 13.5. The van der Waals surface area contributed by atoms with Gasteiger partial charge in [0, 0.05) is 26.1 Å². The molecule has 1 aliphatic carbocycles. The Kier molecular flexibility index (Phi) is 9.02. The van der Waals surface area contributed by atoms with Gasteiger partial charge in [-0.15, -0.1) is 0 Å². The molecule has 0 radical (unpaired) electrons. The van der Waals surface area contributed by atoms with Crippen LogP contribution in [0, 0.1) is 18.8 Å². The van der Waals surface area contributed by atoms with Crippen LogP contribution >= 0.6 is 0 Å². The second kappa shape index (κ2) is 12.0. The molecule has 0 aromatic heterocycles. The van der Waals surface area contributed by atoms with Gasteiger partial charge in [-0.2, -0.15) is 0 Å². The molecule has 0 spiro atoms. The van der Waals surface area contributed by atoms with Crippen molar-refractivity contribution in [2.24, 2.45) is 11.8 Å². The molecule has 1 N–H and O–H groups in total. The maximum atomic E-state index is 13.5. The number of unbranched alkanes of at least 4 members (excludes halogenated alkanes) is 1. The Labute approximate surface area is 202 Å². The number of benzene rings is 1. The largest absolute Gasteiger partial charge is 0.354 e. The average Bonchev–Trinajstić information content (AvgIpc) is 3.08. The zero-order chi connectivity index (χ0) is 24.7. The van der Waals surface area contributed by atoms with Crippen LogP contribution in [0.3, 0.4) is 0 Å². The summed E-state index contributed by atoms with van der Waals surface area (Å²) in [6, 6.07) is 7.20. The molecule has 0 unspecified atom stereocenters. The normalized spacial score (nSPS) is 20.3. The number of fused-ring (bicyclic) bond motifs is 1. The molecule has 1 saturated heterocycles. The van der Waals surface area contributed by atoms with Crippen LogP contribution in [-0.2, 0) is 25.7 Å². The zero-order valence-electron chi connectivity index (χ0n) is 20.6. The molecule has 4 amide bonds. The standard InChI is InChI=1S/C27H37N3O4/c1-4-6-16-28-25(32)23(5-2)30(18-20-12-8-7-11-19(20)3)24(31)15-17-29-26(33)21-13-9-10-14-22(21)27(29)34/h7-12,21-23H,4-6,13-18H2,1-3H3,(H,28,32)/t21-,22+,23-/m0/s1. The third-order valence-corrected chi connectivity index (χ3v) is 6.97. The van der Waals surface area contributed by atoms with Crippen molar-refractivity contribution in [1.82, 2.24) is 15.1 Å². The van der Waals surface area contributed by atoms with E-state index in [1.165, 1.54) is 4.90 Å². The lowest BCUT2D eigenvalue weighted by Gasteiger charge is -2.31. The first kappa shape index (κ1) is 25.7. The number of aryl methyl sites for hydroxylation is 1. The first-order chi connectivity index (χ1) is 16.4. The van der Waals surface area contributed by atoms with E-state index in [9.17, 15) is 19.2 Å². The number of likely N-dealkylation sites (tertiary alicyclic amines) is 1. The van der Waals surface area contributed by atoms with Crippen molar-refractivity contribution in [3.05, 3.63) is 47.5 Å². The molecule has 1 aliphatic heterocycles. The second-order valence-corrected chi connectivity index (χ2v) is 9.25. The van der Waals surface area contributed by atoms with Crippen molar-refractivity contribution in [3.63, 3.8) is 0 Å². The van der Waals surface area contributed by atoms with E-state index >= 15 is 0 Å². The number of carbonyl (C=O) groups excluding carboxylic acids is 4. The SMILES string of the molecule is CCCCNC(=O)[C@H](CC)N(Cc1ccccc1C)C(=O)CCN1C(=O)[C@H]2CC=CC[C@H]2C1=O. The fraction of sp³-hybridized carbons (Fsp3) is 0.556. The van der Waals surface area contributed by atoms with E-state index in [2.05, 4.69) is 12.2 Å². The van der Waals surface area contributed by atoms with Crippen molar-refractivity contribution >= 4 is 23.6 Å². The van der Waals surface area contributed by atoms with Gasteiger partial charge in [-0.1, -0.05) is 56.7 Å². The number of nitrogens with zero attached hydrogens (tertiary/aromatic N) is 2. The number of nitrogens with one attached hydrogen (secondary N) is 1. The Morgan fingerprint density at radius 2 is 1.74 bits per heavy atom. The topological polar surface area (TPSA) is 86.8 Å². The Morgan fingerprint density at radius 3 is 2.32 bits per heavy atom. The van der Waals surface area contributed by atoms with Gasteiger partial charge in [0.05, 0.1) is 11.8 Å². The lowest BCUT2D eigenvalue weighted by atomic mass is 9.85. The third kappa shape index (κ3) is 5.75. The van der Waals surface area contributed by atoms with Gasteiger partial charge in [-0.25, -0.2) is 0 Å². The minimum absolute atomic E-state index is 0.00890. The zero-order valence-corrected chi connectivity index (χ0v) is 20.6. The molecule has 1 aromatic rings. The van der Waals surface area contributed by atoms with Crippen molar-refractivity contribution in [2.45, 2.75) is 71.9 Å². The minimum atomic E-state index is -0.610. The smallest absolute Gasteiger partial charge is 0.242 e. The summed E-state index contributed by atoms with van der Waals surface area (Å²) in [7, 11) is 0. The third-order valence-electron chi connectivity index (χ3n) is 6.97. The molecule has 7 heteroatoms. The van der Waals surface area contributed by atoms with Gasteiger partial charge < -0.3 is 10.2 Å². The second-order valence-electron chi connectivity index (χ2n) is 9.25. The van der Waals surface area contributed by atoms with Gasteiger partial charge in [0.1, 0.15) is 6.04 Å². The van der Waals surface area contributed by atoms with E-state index in [-0.39, 0.29) is 48.4 Å². The molecule has 3 rings (SSSR count). The van der Waals surface area contributed by atoms with Crippen molar-refractivity contribution in [1.29, 1.82) is 0 Å². The molecular formula is C27H37N3O4. The highest BCUT2D eigenvalue weighted by Gasteiger charge is 2.47. The summed E-state index contributed by atoms with van der Waals surface area (Å²) in [6.45, 7) is 6.88. The van der Waals surface area contributed by atoms with Crippen LogP contribution in [0.2, 0.25) is 0 Å². The molecule has 7 nitrogen and oxygen atoms in total. The molecule has 2 aliphatic rings. The fourth-order valence-electron chi connectivity index (χ4n) is 4.84. The highest BCUT2D eigenvalue weighted by Crippen LogP contribution is 2.35. The first-order valence-electron chi connectivity index (χ1n) is 12.5. The van der Waals surface area contributed by atoms with Gasteiger partial charge >= 0.3 is 0 Å². The van der Waals surface area contributed by atoms with Crippen LogP contribution in [0.25, 0.3) is 0 Å². The monoisotopic (exact) mass is 467 g/mol. The van der Waals surface area contributed by atoms with Gasteiger partial charge in [-0.05, 0) is 43.7 Å². The predicted octanol–water partition coefficient (Wildman–Crippen LogP) is 3.36. The van der Waals surface area contributed by atoms with E-state index < -0.39 is 6.04 Å². The predicted molar refractivity (Wildman–Crippen MR) is 130 cm³/mol. The van der Waals surface area contributed by atoms with Crippen molar-refractivity contribution in [2.75, 3.05) is 13.1 Å². The van der Waals surface area contributed by atoms with Gasteiger partial charge in [-0.3, -0.25) is 24.1 Å². The van der Waals surface area contributed by atoms with Crippen molar-refractivity contribution < 1.29 is 19.2 Å². The molecule has 34 heavy (non-hydrogen) atoms. The number of amides is 4. The molecule has 3 atom stereocenters. The van der Waals surface area contributed by atoms with E-state index in [1.54, 1.807) is 4.90 Å². The summed E-state index contributed by atoms with van der Waals surface area (Å²) in [5.41, 5.74) is 2.02. The fourth-order valence-corrected chi connectivity index (χ4v) is 4.84. The minimum Gasteiger partial charge on any atom is -0.354 e. The van der Waals surface area contributed by atoms with Crippen LogP contribution in [0.1, 0.15) is 63.5 Å². The molecule has 1 aromatic carbocycles. The van der Waals surface area contributed by atoms with Gasteiger partial charge in [0.25, 0.3) is 0 Å². The summed E-state index contributed by atoms with van der Waals surface area (Å²) in [4.78, 5) is 54.9. The summed E-state index contributed by atoms with van der Waals surface area (Å²) in [5, 5.41) is 2.96. The number of imide groups is 1. The number of carbonyl (C=O) groups is 4. The van der Waals surface area contributed by atoms with Crippen LogP contribution in [0.5, 0.6) is 0 Å². The van der Waals surface area contributed by atoms with Crippen LogP contribution in [0.15, 0.2) is 36.4 Å². The Bertz CT molecular complexity index is 916. The first-order valence-corrected chi connectivity index (χ1v) is 12.5. The molecule has 0 bridgehead atoms. The number of rotatable bonds is 11. The summed E-state index contributed by atoms with van der Waals surface area (Å²) in [5.74, 6) is -1.35. The quantitative estimate of drug-likeness (QED) is 0.307. The summed E-state index contributed by atoms with van der Waals surface area (Å²) < 4.78 is 0. The van der Waals surface area contributed by atoms with Gasteiger partial charge in [0.15, 0.2) is 0 Å². The van der Waals surface area contributed by atoms with Gasteiger partial charge in [0.2, 0.25) is 23.6 Å². The number of hydrogen-bond acceptors (Lipinski definition) is 4. The van der Waals surface area contributed by atoms with Crippen LogP contribution < -0.4 is 5.32 Å². The Balaban J connectivity index is 1.74. The van der Waals surface area contributed by atoms with E-state index in [4.69, 9.17) is 0 Å². The summed E-state index contributed by atoms with van der Waals surface area (Å²) in [6.07, 6.45) is 7.40. The highest BCUT2D eigenvalue weighted by atomic mass is 16.2. The van der Waals surface area contributed by atoms with E-state index in [0.29, 0.717) is 32.4 Å². The molecule has 184 valence electrons. The molecule has 1 heterocycles. The summed E-state index contributed by atoms with van der Waals surface area (Å²) >= 11 is 0. The highest BCUT2D eigenvalue weighted by molar-refractivity contribution is 6.05. The van der Waals surface area contributed by atoms with Crippen molar-refractivity contribution in [3.8, 4) is 0 Å². The molecular weight excluding hydrogens is 430 g/mol. The number of allylic oxidation sites excluding steroid dienone is 2. The number of hydrogen-bond donors (Lipinski definition) is 1. The van der Waals surface area contributed by atoms with Crippen LogP contribution in [0.4, 0.5) is 0 Å². The Morgan fingerprint density at radius 1 is 1.09 bits per heavy atom. The van der Waals surface area contributed by atoms with E-state index in [0.717, 1.165) is 24.0 Å².